The van der Waals surface area contributed by atoms with Crippen molar-refractivity contribution in [2.75, 3.05) is 39.3 Å². The van der Waals surface area contributed by atoms with Crippen molar-refractivity contribution in [2.45, 2.75) is 65.7 Å². The van der Waals surface area contributed by atoms with Gasteiger partial charge in [0, 0.05) is 50.5 Å². The number of hydrogen-bond acceptors (Lipinski definition) is 5. The van der Waals surface area contributed by atoms with Gasteiger partial charge in [-0.1, -0.05) is 0 Å². The largest absolute Gasteiger partial charge is 0.478 e. The number of rotatable bonds is 7. The fourth-order valence-electron chi connectivity index (χ4n) is 2.99. The summed E-state index contributed by atoms with van der Waals surface area (Å²) in [6.07, 6.45) is 2.87. The van der Waals surface area contributed by atoms with E-state index in [4.69, 9.17) is 9.47 Å². The highest BCUT2D eigenvalue weighted by Crippen LogP contribution is 2.16. The molecule has 0 bridgehead atoms. The molecule has 1 aromatic rings. The van der Waals surface area contributed by atoms with Gasteiger partial charge in [-0.05, 0) is 59.6 Å². The lowest BCUT2D eigenvalue weighted by Crippen LogP contribution is -2.53. The van der Waals surface area contributed by atoms with Crippen LogP contribution in [0.4, 0.5) is 0 Å². The molecule has 0 saturated carbocycles. The first kappa shape index (κ1) is 21.1. The molecule has 0 atom stereocenters. The Labute approximate surface area is 159 Å². The number of piperazine rings is 1. The quantitative estimate of drug-likeness (QED) is 0.692. The Morgan fingerprint density at radius 2 is 1.69 bits per heavy atom. The molecule has 26 heavy (non-hydrogen) atoms. The number of pyridine rings is 1. The molecule has 5 heteroatoms. The highest BCUT2D eigenvalue weighted by Gasteiger charge is 2.25. The normalized spacial score (nSPS) is 17.5. The Hall–Kier alpha value is -1.17. The molecular formula is C21H37N3O2. The van der Waals surface area contributed by atoms with Gasteiger partial charge in [0.2, 0.25) is 5.88 Å². The second kappa shape index (κ2) is 9.16. The van der Waals surface area contributed by atoms with Crippen molar-refractivity contribution in [3.8, 4) is 5.88 Å². The van der Waals surface area contributed by atoms with E-state index < -0.39 is 0 Å². The van der Waals surface area contributed by atoms with Crippen LogP contribution >= 0.6 is 0 Å². The zero-order valence-corrected chi connectivity index (χ0v) is 17.5. The topological polar surface area (TPSA) is 37.8 Å². The van der Waals surface area contributed by atoms with E-state index in [0.717, 1.165) is 44.7 Å². The van der Waals surface area contributed by atoms with Crippen LogP contribution in [0.3, 0.4) is 0 Å². The summed E-state index contributed by atoms with van der Waals surface area (Å²) in [5.74, 6) is 0.696. The third kappa shape index (κ3) is 7.60. The molecule has 0 amide bonds. The maximum absolute atomic E-state index is 5.78. The van der Waals surface area contributed by atoms with E-state index >= 15 is 0 Å². The maximum atomic E-state index is 5.78. The predicted octanol–water partition coefficient (Wildman–Crippen LogP) is 3.58. The average molecular weight is 364 g/mol. The van der Waals surface area contributed by atoms with Crippen molar-refractivity contribution in [2.24, 2.45) is 0 Å². The van der Waals surface area contributed by atoms with Gasteiger partial charge in [-0.25, -0.2) is 4.98 Å². The number of nitrogens with zero attached hydrogens (tertiary/aromatic N) is 3. The van der Waals surface area contributed by atoms with Crippen LogP contribution in [0.15, 0.2) is 18.3 Å². The van der Waals surface area contributed by atoms with E-state index in [-0.39, 0.29) is 11.1 Å². The van der Waals surface area contributed by atoms with Gasteiger partial charge in [0.15, 0.2) is 0 Å². The van der Waals surface area contributed by atoms with Crippen LogP contribution in [0.1, 0.15) is 53.5 Å². The van der Waals surface area contributed by atoms with Crippen LogP contribution in [-0.2, 0) is 11.3 Å². The summed E-state index contributed by atoms with van der Waals surface area (Å²) in [7, 11) is 0. The standard InChI is InChI=1S/C21H37N3O2/c1-20(2,3)24-13-11-23(12-14-24)10-7-15-25-19-9-8-18(16-22-19)17-26-21(4,5)6/h8-9,16H,7,10-15,17H2,1-6H3. The zero-order valence-electron chi connectivity index (χ0n) is 17.5. The van der Waals surface area contributed by atoms with E-state index in [1.54, 1.807) is 0 Å². The molecule has 0 radical (unpaired) electrons. The van der Waals surface area contributed by atoms with Gasteiger partial charge in [0.05, 0.1) is 18.8 Å². The van der Waals surface area contributed by atoms with Crippen molar-refractivity contribution in [1.82, 2.24) is 14.8 Å². The Morgan fingerprint density at radius 1 is 1.00 bits per heavy atom. The van der Waals surface area contributed by atoms with E-state index in [0.29, 0.717) is 19.1 Å². The van der Waals surface area contributed by atoms with Crippen LogP contribution in [0.25, 0.3) is 0 Å². The van der Waals surface area contributed by atoms with Crippen molar-refractivity contribution in [1.29, 1.82) is 0 Å². The Morgan fingerprint density at radius 3 is 2.23 bits per heavy atom. The first-order valence-corrected chi connectivity index (χ1v) is 9.83. The zero-order chi connectivity index (χ0) is 19.2. The summed E-state index contributed by atoms with van der Waals surface area (Å²) in [6, 6.07) is 3.96. The molecule has 2 rings (SSSR count). The number of ether oxygens (including phenoxy) is 2. The average Bonchev–Trinajstić information content (AvgIpc) is 2.57. The Balaban J connectivity index is 1.62. The summed E-state index contributed by atoms with van der Waals surface area (Å²) < 4.78 is 11.5. The predicted molar refractivity (Wildman–Crippen MR) is 107 cm³/mol. The van der Waals surface area contributed by atoms with E-state index in [9.17, 15) is 0 Å². The monoisotopic (exact) mass is 363 g/mol. The lowest BCUT2D eigenvalue weighted by Gasteiger charge is -2.42. The maximum Gasteiger partial charge on any atom is 0.213 e. The minimum Gasteiger partial charge on any atom is -0.478 e. The molecule has 1 aliphatic rings. The number of aromatic nitrogens is 1. The summed E-state index contributed by atoms with van der Waals surface area (Å²) in [5, 5.41) is 0. The second-order valence-corrected chi connectivity index (χ2v) is 9.11. The van der Waals surface area contributed by atoms with Gasteiger partial charge in [0.25, 0.3) is 0 Å². The van der Waals surface area contributed by atoms with Gasteiger partial charge in [-0.15, -0.1) is 0 Å². The van der Waals surface area contributed by atoms with Crippen LogP contribution < -0.4 is 4.74 Å². The third-order valence-electron chi connectivity index (χ3n) is 4.66. The molecular weight excluding hydrogens is 326 g/mol. The summed E-state index contributed by atoms with van der Waals surface area (Å²) in [5.41, 5.74) is 1.22. The van der Waals surface area contributed by atoms with Crippen LogP contribution in [0.2, 0.25) is 0 Å². The van der Waals surface area contributed by atoms with Crippen LogP contribution in [0, 0.1) is 0 Å². The van der Waals surface area contributed by atoms with Crippen molar-refractivity contribution in [3.63, 3.8) is 0 Å². The number of hydrogen-bond donors (Lipinski definition) is 0. The first-order valence-electron chi connectivity index (χ1n) is 9.83. The van der Waals surface area contributed by atoms with E-state index in [2.05, 4.69) is 56.3 Å². The molecule has 1 saturated heterocycles. The molecule has 2 heterocycles. The highest BCUT2D eigenvalue weighted by atomic mass is 16.5. The van der Waals surface area contributed by atoms with Gasteiger partial charge in [-0.3, -0.25) is 4.90 Å². The Bertz CT molecular complexity index is 524. The van der Waals surface area contributed by atoms with Crippen LogP contribution in [0.5, 0.6) is 5.88 Å². The lowest BCUT2D eigenvalue weighted by atomic mass is 10.0. The molecule has 0 N–H and O–H groups in total. The minimum absolute atomic E-state index is 0.131. The molecule has 148 valence electrons. The molecule has 0 aromatic carbocycles. The molecule has 0 unspecified atom stereocenters. The summed E-state index contributed by atoms with van der Waals surface area (Å²) in [6.45, 7) is 20.1. The van der Waals surface area contributed by atoms with Gasteiger partial charge in [0.1, 0.15) is 0 Å². The second-order valence-electron chi connectivity index (χ2n) is 9.11. The summed E-state index contributed by atoms with van der Waals surface area (Å²) >= 11 is 0. The third-order valence-corrected chi connectivity index (χ3v) is 4.66. The smallest absolute Gasteiger partial charge is 0.213 e. The van der Waals surface area contributed by atoms with Crippen molar-refractivity contribution in [3.05, 3.63) is 23.9 Å². The summed E-state index contributed by atoms with van der Waals surface area (Å²) in [4.78, 5) is 9.48. The molecule has 5 nitrogen and oxygen atoms in total. The minimum atomic E-state index is -0.131. The van der Waals surface area contributed by atoms with E-state index in [1.807, 2.05) is 18.3 Å². The van der Waals surface area contributed by atoms with E-state index in [1.165, 1.54) is 0 Å². The SMILES string of the molecule is CC(C)(C)OCc1ccc(OCCCN2CCN(C(C)(C)C)CC2)nc1. The highest BCUT2D eigenvalue weighted by molar-refractivity contribution is 5.17. The molecule has 1 fully saturated rings. The van der Waals surface area contributed by atoms with Gasteiger partial charge >= 0.3 is 0 Å². The van der Waals surface area contributed by atoms with Gasteiger partial charge < -0.3 is 14.4 Å². The molecule has 1 aromatic heterocycles. The fourth-order valence-corrected chi connectivity index (χ4v) is 2.99. The molecule has 0 spiro atoms. The molecule has 0 aliphatic carbocycles. The van der Waals surface area contributed by atoms with Crippen molar-refractivity contribution < 1.29 is 9.47 Å². The van der Waals surface area contributed by atoms with Gasteiger partial charge in [-0.2, -0.15) is 0 Å². The fraction of sp³-hybridized carbons (Fsp3) is 0.762. The molecule has 1 aliphatic heterocycles. The van der Waals surface area contributed by atoms with Crippen molar-refractivity contribution >= 4 is 0 Å². The van der Waals surface area contributed by atoms with Crippen LogP contribution in [-0.4, -0.2) is 65.3 Å². The Kier molecular flexibility index (Phi) is 7.44. The lowest BCUT2D eigenvalue weighted by molar-refractivity contribution is -0.0150. The first-order chi connectivity index (χ1) is 12.1.